The number of benzene rings is 2. The minimum Gasteiger partial charge on any atom is -0.463 e. The predicted octanol–water partition coefficient (Wildman–Crippen LogP) is 3.32. The van der Waals surface area contributed by atoms with Gasteiger partial charge in [0.15, 0.2) is 28.9 Å². The minimum absolute atomic E-state index is 0.168. The quantitative estimate of drug-likeness (QED) is 0.198. The Kier molecular flexibility index (Phi) is 10.0. The molecule has 2 heterocycles. The zero-order valence-corrected chi connectivity index (χ0v) is 25.4. The van der Waals surface area contributed by atoms with E-state index in [9.17, 15) is 24.0 Å². The van der Waals surface area contributed by atoms with Crippen LogP contribution >= 0.6 is 27.7 Å². The molecule has 1 fully saturated rings. The molecular weight excluding hydrogens is 636 g/mol. The fraction of sp³-hybridized carbons (Fsp3) is 0.357. The molecule has 1 aliphatic heterocycles. The van der Waals surface area contributed by atoms with Crippen LogP contribution in [0.3, 0.4) is 0 Å². The molecule has 0 bridgehead atoms. The van der Waals surface area contributed by atoms with E-state index in [2.05, 4.69) is 15.9 Å². The number of ether oxygens (including phenoxy) is 5. The van der Waals surface area contributed by atoms with E-state index in [1.165, 1.54) is 11.5 Å². The van der Waals surface area contributed by atoms with Crippen LogP contribution in [-0.4, -0.2) is 69.9 Å². The van der Waals surface area contributed by atoms with Gasteiger partial charge in [-0.05, 0) is 30.3 Å². The van der Waals surface area contributed by atoms with Crippen molar-refractivity contribution in [3.05, 3.63) is 63.4 Å². The first-order chi connectivity index (χ1) is 19.9. The molecule has 222 valence electrons. The van der Waals surface area contributed by atoms with Gasteiger partial charge in [-0.3, -0.25) is 28.5 Å². The van der Waals surface area contributed by atoms with E-state index in [0.717, 1.165) is 32.5 Å². The molecule has 42 heavy (non-hydrogen) atoms. The van der Waals surface area contributed by atoms with Gasteiger partial charge in [-0.1, -0.05) is 45.9 Å². The number of carbonyl (C=O) groups is 4. The highest BCUT2D eigenvalue weighted by atomic mass is 79.9. The first kappa shape index (κ1) is 31.2. The van der Waals surface area contributed by atoms with Gasteiger partial charge in [0, 0.05) is 32.2 Å². The Morgan fingerprint density at radius 3 is 2.12 bits per heavy atom. The maximum Gasteiger partial charge on any atom is 0.303 e. The lowest BCUT2D eigenvalue weighted by Gasteiger charge is -2.44. The molecule has 3 aromatic rings. The van der Waals surface area contributed by atoms with Gasteiger partial charge in [0.1, 0.15) is 12.7 Å². The first-order valence-corrected chi connectivity index (χ1v) is 14.4. The van der Waals surface area contributed by atoms with Crippen LogP contribution in [0.15, 0.2) is 63.0 Å². The Labute approximate surface area is 252 Å². The van der Waals surface area contributed by atoms with Crippen molar-refractivity contribution in [1.82, 2.24) is 9.55 Å². The Hall–Kier alpha value is -3.75. The van der Waals surface area contributed by atoms with E-state index >= 15 is 0 Å². The zero-order chi connectivity index (χ0) is 30.6. The van der Waals surface area contributed by atoms with Crippen molar-refractivity contribution < 1.29 is 42.9 Å². The summed E-state index contributed by atoms with van der Waals surface area (Å²) in [5, 5.41) is 0.515. The lowest BCUT2D eigenvalue weighted by atomic mass is 9.99. The van der Waals surface area contributed by atoms with E-state index in [1.54, 1.807) is 48.5 Å². The summed E-state index contributed by atoms with van der Waals surface area (Å²) >= 11 is 4.32. The number of hydrogen-bond acceptors (Lipinski definition) is 12. The first-order valence-electron chi connectivity index (χ1n) is 12.7. The molecule has 5 atom stereocenters. The van der Waals surface area contributed by atoms with Gasteiger partial charge in [-0.25, -0.2) is 4.98 Å². The van der Waals surface area contributed by atoms with Crippen LogP contribution in [0.5, 0.6) is 0 Å². The SMILES string of the molecule is CC(=O)OC[C@H]1O[C@@H](Sc2nc3ccc(Br)cc3c(=O)n2-c2ccccc2)[C@H](OC(C)=O)[C@@H](OC(C)=O)[C@@H]1OC(C)=O. The van der Waals surface area contributed by atoms with Crippen molar-refractivity contribution in [3.8, 4) is 5.69 Å². The van der Waals surface area contributed by atoms with Gasteiger partial charge < -0.3 is 23.7 Å². The monoisotopic (exact) mass is 662 g/mol. The van der Waals surface area contributed by atoms with Crippen LogP contribution in [0.1, 0.15) is 27.7 Å². The topological polar surface area (TPSA) is 149 Å². The van der Waals surface area contributed by atoms with Crippen LogP contribution in [-0.2, 0) is 42.9 Å². The molecule has 0 unspecified atom stereocenters. The van der Waals surface area contributed by atoms with Crippen molar-refractivity contribution in [2.24, 2.45) is 0 Å². The van der Waals surface area contributed by atoms with Gasteiger partial charge in [0.2, 0.25) is 0 Å². The number of rotatable bonds is 8. The third-order valence-electron chi connectivity index (χ3n) is 5.98. The highest BCUT2D eigenvalue weighted by Crippen LogP contribution is 2.38. The van der Waals surface area contributed by atoms with E-state index in [1.807, 2.05) is 0 Å². The van der Waals surface area contributed by atoms with Crippen LogP contribution in [0, 0.1) is 0 Å². The molecule has 4 rings (SSSR count). The second-order valence-corrected chi connectivity index (χ2v) is 11.2. The van der Waals surface area contributed by atoms with Crippen molar-refractivity contribution >= 4 is 62.5 Å². The fourth-order valence-corrected chi connectivity index (χ4v) is 5.97. The van der Waals surface area contributed by atoms with Gasteiger partial charge >= 0.3 is 23.9 Å². The Bertz CT molecular complexity index is 1560. The summed E-state index contributed by atoms with van der Waals surface area (Å²) in [5.41, 5.74) is -0.644. The van der Waals surface area contributed by atoms with Gasteiger partial charge in [0.05, 0.1) is 16.6 Å². The third kappa shape index (κ3) is 7.36. The van der Waals surface area contributed by atoms with Crippen LogP contribution in [0.2, 0.25) is 0 Å². The maximum atomic E-state index is 13.8. The van der Waals surface area contributed by atoms with Gasteiger partial charge in [-0.15, -0.1) is 0 Å². The van der Waals surface area contributed by atoms with E-state index in [4.69, 9.17) is 28.7 Å². The predicted molar refractivity (Wildman–Crippen MR) is 153 cm³/mol. The maximum absolute atomic E-state index is 13.8. The molecule has 0 radical (unpaired) electrons. The third-order valence-corrected chi connectivity index (χ3v) is 7.57. The second-order valence-electron chi connectivity index (χ2n) is 9.22. The normalized spacial score (nSPS) is 21.8. The van der Waals surface area contributed by atoms with E-state index in [0.29, 0.717) is 21.1 Å². The van der Waals surface area contributed by atoms with Crippen molar-refractivity contribution in [3.63, 3.8) is 0 Å². The Balaban J connectivity index is 1.87. The van der Waals surface area contributed by atoms with Gasteiger partial charge in [-0.2, -0.15) is 0 Å². The number of esters is 4. The molecular formula is C28H27BrN2O10S. The van der Waals surface area contributed by atoms with E-state index in [-0.39, 0.29) is 17.3 Å². The number of aromatic nitrogens is 2. The summed E-state index contributed by atoms with van der Waals surface area (Å²) < 4.78 is 30.0. The summed E-state index contributed by atoms with van der Waals surface area (Å²) in [4.78, 5) is 66.6. The number of hydrogen-bond donors (Lipinski definition) is 0. The average Bonchev–Trinajstić information content (AvgIpc) is 2.91. The number of thioether (sulfide) groups is 1. The van der Waals surface area contributed by atoms with Crippen molar-refractivity contribution in [1.29, 1.82) is 0 Å². The minimum atomic E-state index is -1.35. The van der Waals surface area contributed by atoms with Crippen LogP contribution in [0.25, 0.3) is 16.6 Å². The summed E-state index contributed by atoms with van der Waals surface area (Å²) in [6.45, 7) is 4.26. The lowest BCUT2D eigenvalue weighted by molar-refractivity contribution is -0.237. The summed E-state index contributed by atoms with van der Waals surface area (Å²) in [7, 11) is 0. The van der Waals surface area contributed by atoms with Crippen molar-refractivity contribution in [2.75, 3.05) is 6.61 Å². The molecule has 0 spiro atoms. The molecule has 0 aliphatic carbocycles. The average molecular weight is 663 g/mol. The number of nitrogens with zero attached hydrogens (tertiary/aromatic N) is 2. The number of carbonyl (C=O) groups excluding carboxylic acids is 4. The highest BCUT2D eigenvalue weighted by Gasteiger charge is 2.52. The van der Waals surface area contributed by atoms with Gasteiger partial charge in [0.25, 0.3) is 5.56 Å². The molecule has 2 aromatic carbocycles. The Morgan fingerprint density at radius 1 is 0.881 bits per heavy atom. The zero-order valence-electron chi connectivity index (χ0n) is 23.0. The molecule has 1 saturated heterocycles. The molecule has 0 N–H and O–H groups in total. The lowest BCUT2D eigenvalue weighted by Crippen LogP contribution is -2.61. The molecule has 1 aromatic heterocycles. The number of fused-ring (bicyclic) bond motifs is 1. The van der Waals surface area contributed by atoms with Crippen LogP contribution in [0.4, 0.5) is 0 Å². The number of para-hydroxylation sites is 1. The van der Waals surface area contributed by atoms with Crippen LogP contribution < -0.4 is 5.56 Å². The molecule has 1 aliphatic rings. The van der Waals surface area contributed by atoms with Crippen molar-refractivity contribution in [2.45, 2.75) is 62.7 Å². The number of halogens is 1. The summed E-state index contributed by atoms with van der Waals surface area (Å²) in [5.74, 6) is -2.85. The standard InChI is InChI=1S/C28H27BrN2O10S/c1-14(32)37-13-22-23(38-15(2)33)24(39-16(3)34)25(40-17(4)35)27(41-22)42-28-30-21-11-10-18(29)12-20(21)26(36)31(28)19-8-6-5-7-9-19/h5-12,22-25,27H,13H2,1-4H3/t22-,23-,24+,25-,27+/m1/s1. The molecule has 0 amide bonds. The highest BCUT2D eigenvalue weighted by molar-refractivity contribution is 9.10. The molecule has 0 saturated carbocycles. The van der Waals surface area contributed by atoms with E-state index < -0.39 is 53.7 Å². The largest absolute Gasteiger partial charge is 0.463 e. The molecule has 14 heteroatoms. The second kappa shape index (κ2) is 13.5. The smallest absolute Gasteiger partial charge is 0.303 e. The Morgan fingerprint density at radius 2 is 1.50 bits per heavy atom. The summed E-state index contributed by atoms with van der Waals surface area (Å²) in [6, 6.07) is 13.8. The summed E-state index contributed by atoms with van der Waals surface area (Å²) in [6.07, 6.45) is -5.11. The fourth-order valence-electron chi connectivity index (χ4n) is 4.41. The molecule has 12 nitrogen and oxygen atoms in total.